The summed E-state index contributed by atoms with van der Waals surface area (Å²) in [6.07, 6.45) is 0. The molecule has 0 unspecified atom stereocenters. The molecule has 0 spiro atoms. The lowest BCUT2D eigenvalue weighted by molar-refractivity contribution is 0.395. The molecule has 0 saturated heterocycles. The molecule has 2 rings (SSSR count). The number of anilines is 2. The van der Waals surface area contributed by atoms with Gasteiger partial charge in [-0.05, 0) is 18.6 Å². The van der Waals surface area contributed by atoms with E-state index in [2.05, 4.69) is 5.32 Å². The highest BCUT2D eigenvalue weighted by molar-refractivity contribution is 7.80. The summed E-state index contributed by atoms with van der Waals surface area (Å²) in [5.74, 6) is 1.42. The molecule has 21 heavy (non-hydrogen) atoms. The topological polar surface area (TPSA) is 56.5 Å². The lowest BCUT2D eigenvalue weighted by atomic mass is 10.1. The van der Waals surface area contributed by atoms with Gasteiger partial charge in [0.2, 0.25) is 0 Å². The maximum Gasteiger partial charge on any atom is 0.124 e. The minimum absolute atomic E-state index is 0.357. The molecule has 0 heterocycles. The molecule has 5 heteroatoms. The van der Waals surface area contributed by atoms with Crippen molar-refractivity contribution in [2.24, 2.45) is 5.73 Å². The van der Waals surface area contributed by atoms with Crippen molar-refractivity contribution in [1.29, 1.82) is 0 Å². The zero-order chi connectivity index (χ0) is 15.4. The van der Waals surface area contributed by atoms with E-state index < -0.39 is 0 Å². The van der Waals surface area contributed by atoms with Gasteiger partial charge in [0.05, 0.1) is 19.9 Å². The molecule has 0 aliphatic rings. The third kappa shape index (κ3) is 3.44. The third-order valence-corrected chi connectivity index (χ3v) is 3.38. The Labute approximate surface area is 129 Å². The van der Waals surface area contributed by atoms with Gasteiger partial charge in [-0.1, -0.05) is 24.4 Å². The van der Waals surface area contributed by atoms with E-state index in [-0.39, 0.29) is 0 Å². The Morgan fingerprint density at radius 1 is 1.10 bits per heavy atom. The average Bonchev–Trinajstić information content (AvgIpc) is 2.48. The number of thiocarbonyl (C=S) groups is 1. The first-order valence-electron chi connectivity index (χ1n) is 6.44. The first-order chi connectivity index (χ1) is 10.0. The Morgan fingerprint density at radius 2 is 1.71 bits per heavy atom. The largest absolute Gasteiger partial charge is 0.497 e. The third-order valence-electron chi connectivity index (χ3n) is 3.16. The minimum atomic E-state index is 0.357. The zero-order valence-electron chi connectivity index (χ0n) is 12.3. The summed E-state index contributed by atoms with van der Waals surface area (Å²) in [4.78, 5) is 0.357. The fourth-order valence-corrected chi connectivity index (χ4v) is 2.23. The van der Waals surface area contributed by atoms with Gasteiger partial charge in [-0.15, -0.1) is 0 Å². The van der Waals surface area contributed by atoms with Gasteiger partial charge in [0.25, 0.3) is 0 Å². The van der Waals surface area contributed by atoms with E-state index in [1.54, 1.807) is 14.2 Å². The molecule has 3 N–H and O–H groups in total. The number of hydrogen-bond acceptors (Lipinski definition) is 4. The van der Waals surface area contributed by atoms with Crippen molar-refractivity contribution in [1.82, 2.24) is 0 Å². The van der Waals surface area contributed by atoms with Gasteiger partial charge < -0.3 is 20.5 Å². The van der Waals surface area contributed by atoms with Gasteiger partial charge in [0.1, 0.15) is 16.5 Å². The number of benzene rings is 2. The highest BCUT2D eigenvalue weighted by Crippen LogP contribution is 2.30. The summed E-state index contributed by atoms with van der Waals surface area (Å²) in [7, 11) is 3.24. The summed E-state index contributed by atoms with van der Waals surface area (Å²) >= 11 is 5.11. The van der Waals surface area contributed by atoms with Gasteiger partial charge in [0.15, 0.2) is 0 Å². The Bertz CT molecular complexity index is 649. The second kappa shape index (κ2) is 6.45. The van der Waals surface area contributed by atoms with Crippen LogP contribution in [0.3, 0.4) is 0 Å². The maximum atomic E-state index is 5.79. The molecule has 0 atom stereocenters. The number of methoxy groups -OCH3 is 2. The van der Waals surface area contributed by atoms with Crippen LogP contribution in [0.4, 0.5) is 11.4 Å². The van der Waals surface area contributed by atoms with Crippen LogP contribution in [-0.4, -0.2) is 19.2 Å². The monoisotopic (exact) mass is 302 g/mol. The summed E-state index contributed by atoms with van der Waals surface area (Å²) in [5, 5.41) is 3.34. The van der Waals surface area contributed by atoms with E-state index in [0.29, 0.717) is 16.5 Å². The van der Waals surface area contributed by atoms with Gasteiger partial charge in [0, 0.05) is 29.4 Å². The number of nitrogens with one attached hydrogen (secondary N) is 1. The van der Waals surface area contributed by atoms with Crippen LogP contribution in [0.15, 0.2) is 36.4 Å². The Balaban J connectivity index is 2.45. The standard InChI is InChI=1S/C16H18N2O2S/c1-10-5-4-6-14(16(17)21)15(10)18-11-7-12(19-2)9-13(8-11)20-3/h4-9,18H,1-3H3,(H2,17,21). The van der Waals surface area contributed by atoms with E-state index in [4.69, 9.17) is 27.4 Å². The van der Waals surface area contributed by atoms with Crippen LogP contribution in [0, 0.1) is 6.92 Å². The van der Waals surface area contributed by atoms with Crippen LogP contribution in [0.5, 0.6) is 11.5 Å². The van der Waals surface area contributed by atoms with Crippen molar-refractivity contribution in [3.05, 3.63) is 47.5 Å². The minimum Gasteiger partial charge on any atom is -0.497 e. The maximum absolute atomic E-state index is 5.79. The van der Waals surface area contributed by atoms with Crippen LogP contribution in [0.1, 0.15) is 11.1 Å². The number of rotatable bonds is 5. The molecule has 2 aromatic carbocycles. The fourth-order valence-electron chi connectivity index (χ4n) is 2.06. The van der Waals surface area contributed by atoms with Crippen LogP contribution in [0.25, 0.3) is 0 Å². The molecule has 0 amide bonds. The normalized spacial score (nSPS) is 10.0. The highest BCUT2D eigenvalue weighted by atomic mass is 32.1. The van der Waals surface area contributed by atoms with Gasteiger partial charge in [-0.2, -0.15) is 0 Å². The molecule has 0 aromatic heterocycles. The van der Waals surface area contributed by atoms with Crippen molar-refractivity contribution >= 4 is 28.6 Å². The summed E-state index contributed by atoms with van der Waals surface area (Å²) in [5.41, 5.74) is 9.40. The predicted molar refractivity (Wildman–Crippen MR) is 89.9 cm³/mol. The summed E-state index contributed by atoms with van der Waals surface area (Å²) in [6.45, 7) is 2.00. The second-order valence-electron chi connectivity index (χ2n) is 4.59. The van der Waals surface area contributed by atoms with Crippen LogP contribution in [0.2, 0.25) is 0 Å². The van der Waals surface area contributed by atoms with Gasteiger partial charge in [-0.25, -0.2) is 0 Å². The lowest BCUT2D eigenvalue weighted by Crippen LogP contribution is -2.12. The summed E-state index contributed by atoms with van der Waals surface area (Å²) in [6, 6.07) is 11.4. The summed E-state index contributed by atoms with van der Waals surface area (Å²) < 4.78 is 10.5. The highest BCUT2D eigenvalue weighted by Gasteiger charge is 2.09. The van der Waals surface area contributed by atoms with Crippen LogP contribution in [-0.2, 0) is 0 Å². The number of para-hydroxylation sites is 1. The molecular formula is C16H18N2O2S. The van der Waals surface area contributed by atoms with E-state index in [0.717, 1.165) is 22.5 Å². The first kappa shape index (κ1) is 15.1. The van der Waals surface area contributed by atoms with Crippen molar-refractivity contribution in [3.63, 3.8) is 0 Å². The molecule has 0 aliphatic heterocycles. The SMILES string of the molecule is COc1cc(Nc2c(C)cccc2C(N)=S)cc(OC)c1. The molecule has 0 fully saturated rings. The number of hydrogen-bond donors (Lipinski definition) is 2. The molecule has 2 aromatic rings. The van der Waals surface area contributed by atoms with E-state index in [9.17, 15) is 0 Å². The van der Waals surface area contributed by atoms with Gasteiger partial charge >= 0.3 is 0 Å². The average molecular weight is 302 g/mol. The smallest absolute Gasteiger partial charge is 0.124 e. The molecule has 0 radical (unpaired) electrons. The Kier molecular flexibility index (Phi) is 4.65. The first-order valence-corrected chi connectivity index (χ1v) is 6.85. The van der Waals surface area contributed by atoms with Crippen molar-refractivity contribution in [2.45, 2.75) is 6.92 Å². The molecule has 0 saturated carbocycles. The zero-order valence-corrected chi connectivity index (χ0v) is 13.1. The second-order valence-corrected chi connectivity index (χ2v) is 5.03. The fraction of sp³-hybridized carbons (Fsp3) is 0.188. The Hall–Kier alpha value is -2.27. The van der Waals surface area contributed by atoms with Crippen molar-refractivity contribution < 1.29 is 9.47 Å². The van der Waals surface area contributed by atoms with E-state index in [1.807, 2.05) is 43.3 Å². The van der Waals surface area contributed by atoms with Gasteiger partial charge in [-0.3, -0.25) is 0 Å². The van der Waals surface area contributed by atoms with E-state index in [1.165, 1.54) is 0 Å². The predicted octanol–water partition coefficient (Wildman–Crippen LogP) is 3.39. The van der Waals surface area contributed by atoms with Crippen LogP contribution >= 0.6 is 12.2 Å². The number of ether oxygens (including phenoxy) is 2. The van der Waals surface area contributed by atoms with Crippen molar-refractivity contribution in [2.75, 3.05) is 19.5 Å². The number of aryl methyl sites for hydroxylation is 1. The molecule has 110 valence electrons. The van der Waals surface area contributed by atoms with Crippen LogP contribution < -0.4 is 20.5 Å². The van der Waals surface area contributed by atoms with E-state index >= 15 is 0 Å². The molecular weight excluding hydrogens is 284 g/mol. The van der Waals surface area contributed by atoms with Crippen molar-refractivity contribution in [3.8, 4) is 11.5 Å². The number of nitrogens with two attached hydrogens (primary N) is 1. The molecule has 0 aliphatic carbocycles. The Morgan fingerprint density at radius 3 is 2.24 bits per heavy atom. The molecule has 0 bridgehead atoms. The quantitative estimate of drug-likeness (QED) is 0.829. The lowest BCUT2D eigenvalue weighted by Gasteiger charge is -2.15. The molecule has 4 nitrogen and oxygen atoms in total.